The van der Waals surface area contributed by atoms with Crippen LogP contribution in [0, 0.1) is 12.3 Å². The molecule has 0 saturated heterocycles. The number of carbonyl (C=O) groups excluding carboxylic acids is 1. The summed E-state index contributed by atoms with van der Waals surface area (Å²) in [7, 11) is 0. The fourth-order valence-electron chi connectivity index (χ4n) is 1.72. The Hall–Kier alpha value is -2.82. The topological polar surface area (TPSA) is 108 Å². The van der Waals surface area contributed by atoms with E-state index in [2.05, 4.69) is 26.2 Å². The van der Waals surface area contributed by atoms with Crippen LogP contribution in [0.25, 0.3) is 11.2 Å². The molecule has 8 heteroatoms. The standard InChI is InChI=1S/C12H14N6O2/c1-3-4-20-12(19)17-8(2)5-18-7-16-9-10(13)14-6-15-11(9)18/h1,6-8H,4-5H2,2H3,(H,17,19)(H2,13,14,15)/t8-/m1/s1. The number of hydrogen-bond acceptors (Lipinski definition) is 6. The number of aromatic nitrogens is 4. The summed E-state index contributed by atoms with van der Waals surface area (Å²) < 4.78 is 6.51. The number of imidazole rings is 1. The van der Waals surface area contributed by atoms with Crippen LogP contribution in [0.4, 0.5) is 10.6 Å². The number of terminal acetylenes is 1. The Morgan fingerprint density at radius 2 is 2.40 bits per heavy atom. The maximum absolute atomic E-state index is 11.4. The lowest BCUT2D eigenvalue weighted by atomic mass is 10.3. The Kier molecular flexibility index (Phi) is 4.00. The number of ether oxygens (including phenoxy) is 1. The number of alkyl carbamates (subject to hydrolysis) is 1. The zero-order chi connectivity index (χ0) is 14.5. The van der Waals surface area contributed by atoms with Crippen molar-refractivity contribution in [3.8, 4) is 12.3 Å². The molecule has 2 heterocycles. The van der Waals surface area contributed by atoms with Crippen molar-refractivity contribution in [1.29, 1.82) is 0 Å². The molecule has 0 aliphatic heterocycles. The summed E-state index contributed by atoms with van der Waals surface area (Å²) in [6, 6.07) is -0.186. The normalized spacial score (nSPS) is 11.8. The highest BCUT2D eigenvalue weighted by Crippen LogP contribution is 2.14. The van der Waals surface area contributed by atoms with Gasteiger partial charge in [0.05, 0.1) is 6.33 Å². The molecule has 2 rings (SSSR count). The molecule has 104 valence electrons. The van der Waals surface area contributed by atoms with Crippen molar-refractivity contribution in [2.45, 2.75) is 19.5 Å². The van der Waals surface area contributed by atoms with Crippen LogP contribution in [0.2, 0.25) is 0 Å². The van der Waals surface area contributed by atoms with Crippen LogP contribution < -0.4 is 11.1 Å². The second-order valence-corrected chi connectivity index (χ2v) is 4.15. The molecule has 0 aliphatic rings. The summed E-state index contributed by atoms with van der Waals surface area (Å²) in [5, 5.41) is 2.65. The molecule has 3 N–H and O–H groups in total. The Morgan fingerprint density at radius 3 is 3.15 bits per heavy atom. The first kappa shape index (κ1) is 13.6. The maximum atomic E-state index is 11.4. The molecule has 1 amide bonds. The first-order chi connectivity index (χ1) is 9.61. The van der Waals surface area contributed by atoms with E-state index in [9.17, 15) is 4.79 Å². The van der Waals surface area contributed by atoms with Gasteiger partial charge in [0.15, 0.2) is 18.1 Å². The smallest absolute Gasteiger partial charge is 0.408 e. The summed E-state index contributed by atoms with van der Waals surface area (Å²) in [4.78, 5) is 23.5. The number of nitrogen functional groups attached to an aromatic ring is 1. The lowest BCUT2D eigenvalue weighted by Crippen LogP contribution is -2.36. The number of rotatable bonds is 4. The van der Waals surface area contributed by atoms with Crippen molar-refractivity contribution in [2.24, 2.45) is 0 Å². The second kappa shape index (κ2) is 5.88. The zero-order valence-corrected chi connectivity index (χ0v) is 10.9. The third-order valence-corrected chi connectivity index (χ3v) is 2.55. The van der Waals surface area contributed by atoms with Crippen molar-refractivity contribution in [2.75, 3.05) is 12.3 Å². The van der Waals surface area contributed by atoms with Gasteiger partial charge in [-0.05, 0) is 6.92 Å². The Labute approximate surface area is 115 Å². The molecule has 0 unspecified atom stereocenters. The van der Waals surface area contributed by atoms with Gasteiger partial charge in [-0.15, -0.1) is 6.42 Å². The number of anilines is 1. The van der Waals surface area contributed by atoms with E-state index in [1.807, 2.05) is 6.92 Å². The quantitative estimate of drug-likeness (QED) is 0.769. The van der Waals surface area contributed by atoms with E-state index >= 15 is 0 Å². The number of carbonyl (C=O) groups is 1. The molecular weight excluding hydrogens is 260 g/mol. The van der Waals surface area contributed by atoms with Crippen LogP contribution in [-0.2, 0) is 11.3 Å². The van der Waals surface area contributed by atoms with E-state index in [0.717, 1.165) is 0 Å². The summed E-state index contributed by atoms with van der Waals surface area (Å²) >= 11 is 0. The second-order valence-electron chi connectivity index (χ2n) is 4.15. The summed E-state index contributed by atoms with van der Waals surface area (Å²) in [5.74, 6) is 2.54. The fourth-order valence-corrected chi connectivity index (χ4v) is 1.72. The summed E-state index contributed by atoms with van der Waals surface area (Å²) in [6.45, 7) is 2.24. The van der Waals surface area contributed by atoms with Gasteiger partial charge in [-0.1, -0.05) is 5.92 Å². The number of nitrogens with one attached hydrogen (secondary N) is 1. The number of fused-ring (bicyclic) bond motifs is 1. The summed E-state index contributed by atoms with van der Waals surface area (Å²) in [6.07, 6.45) is 7.41. The third kappa shape index (κ3) is 2.95. The highest BCUT2D eigenvalue weighted by atomic mass is 16.5. The van der Waals surface area contributed by atoms with Crippen LogP contribution in [0.1, 0.15) is 6.92 Å². The van der Waals surface area contributed by atoms with Gasteiger partial charge in [-0.25, -0.2) is 19.7 Å². The Morgan fingerprint density at radius 1 is 1.60 bits per heavy atom. The monoisotopic (exact) mass is 274 g/mol. The Bertz CT molecular complexity index is 660. The molecule has 0 aliphatic carbocycles. The van der Waals surface area contributed by atoms with Gasteiger partial charge in [-0.2, -0.15) is 0 Å². The molecule has 1 atom stereocenters. The van der Waals surface area contributed by atoms with Gasteiger partial charge in [0.25, 0.3) is 0 Å². The average Bonchev–Trinajstić information content (AvgIpc) is 2.81. The highest BCUT2D eigenvalue weighted by Gasteiger charge is 2.12. The molecule has 0 saturated carbocycles. The fraction of sp³-hybridized carbons (Fsp3) is 0.333. The molecule has 0 bridgehead atoms. The zero-order valence-electron chi connectivity index (χ0n) is 10.9. The molecule has 2 aromatic heterocycles. The van der Waals surface area contributed by atoms with Crippen molar-refractivity contribution < 1.29 is 9.53 Å². The van der Waals surface area contributed by atoms with Crippen LogP contribution >= 0.6 is 0 Å². The Balaban J connectivity index is 2.03. The van der Waals surface area contributed by atoms with Crippen LogP contribution in [-0.4, -0.2) is 38.3 Å². The van der Waals surface area contributed by atoms with Crippen LogP contribution in [0.5, 0.6) is 0 Å². The molecule has 0 fully saturated rings. The van der Waals surface area contributed by atoms with E-state index in [1.54, 1.807) is 10.9 Å². The van der Waals surface area contributed by atoms with Crippen molar-refractivity contribution in [3.05, 3.63) is 12.7 Å². The highest BCUT2D eigenvalue weighted by molar-refractivity contribution is 5.81. The van der Waals surface area contributed by atoms with Crippen LogP contribution in [0.3, 0.4) is 0 Å². The number of nitrogens with two attached hydrogens (primary N) is 1. The number of amides is 1. The van der Waals surface area contributed by atoms with Crippen molar-refractivity contribution in [3.63, 3.8) is 0 Å². The lowest BCUT2D eigenvalue weighted by Gasteiger charge is -2.14. The third-order valence-electron chi connectivity index (χ3n) is 2.55. The summed E-state index contributed by atoms with van der Waals surface area (Å²) in [5.41, 5.74) is 6.85. The van der Waals surface area contributed by atoms with Gasteiger partial charge in [0.1, 0.15) is 11.8 Å². The van der Waals surface area contributed by atoms with Gasteiger partial charge < -0.3 is 20.4 Å². The van der Waals surface area contributed by atoms with E-state index in [0.29, 0.717) is 23.5 Å². The first-order valence-corrected chi connectivity index (χ1v) is 5.90. The molecule has 0 aromatic carbocycles. The predicted molar refractivity (Wildman–Crippen MR) is 72.5 cm³/mol. The van der Waals surface area contributed by atoms with E-state index in [1.165, 1.54) is 6.33 Å². The van der Waals surface area contributed by atoms with Crippen LogP contribution in [0.15, 0.2) is 12.7 Å². The van der Waals surface area contributed by atoms with E-state index in [-0.39, 0.29) is 12.6 Å². The SMILES string of the molecule is C#CCOC(=O)N[C@H](C)Cn1cnc2c(N)ncnc21. The minimum absolute atomic E-state index is 0.0592. The average molecular weight is 274 g/mol. The molecule has 20 heavy (non-hydrogen) atoms. The number of nitrogens with zero attached hydrogens (tertiary/aromatic N) is 4. The lowest BCUT2D eigenvalue weighted by molar-refractivity contribution is 0.155. The van der Waals surface area contributed by atoms with E-state index in [4.69, 9.17) is 16.9 Å². The predicted octanol–water partition coefficient (Wildman–Crippen LogP) is 0.156. The van der Waals surface area contributed by atoms with Crippen molar-refractivity contribution >= 4 is 23.1 Å². The van der Waals surface area contributed by atoms with Gasteiger partial charge >= 0.3 is 6.09 Å². The van der Waals surface area contributed by atoms with Gasteiger partial charge in [0, 0.05) is 12.6 Å². The maximum Gasteiger partial charge on any atom is 0.408 e. The molecule has 8 nitrogen and oxygen atoms in total. The molecule has 0 radical (unpaired) electrons. The number of hydrogen-bond donors (Lipinski definition) is 2. The van der Waals surface area contributed by atoms with Gasteiger partial charge in [-0.3, -0.25) is 0 Å². The molecule has 0 spiro atoms. The minimum Gasteiger partial charge on any atom is -0.436 e. The largest absolute Gasteiger partial charge is 0.436 e. The minimum atomic E-state index is -0.561. The molecule has 2 aromatic rings. The van der Waals surface area contributed by atoms with Crippen molar-refractivity contribution in [1.82, 2.24) is 24.8 Å². The molecular formula is C12H14N6O2. The van der Waals surface area contributed by atoms with E-state index < -0.39 is 6.09 Å². The first-order valence-electron chi connectivity index (χ1n) is 5.90. The van der Waals surface area contributed by atoms with Gasteiger partial charge in [0.2, 0.25) is 0 Å².